The quantitative estimate of drug-likeness (QED) is 0.518. The smallest absolute Gasteiger partial charge is 0.184 e. The number of benzene rings is 2. The van der Waals surface area contributed by atoms with Crippen molar-refractivity contribution in [2.45, 2.75) is 39.6 Å². The molecule has 0 aliphatic rings. The van der Waals surface area contributed by atoms with E-state index in [2.05, 4.69) is 19.6 Å². The maximum absolute atomic E-state index is 13.1. The zero-order chi connectivity index (χ0) is 17.1. The van der Waals surface area contributed by atoms with Crippen LogP contribution in [0.25, 0.3) is 0 Å². The first-order valence-corrected chi connectivity index (χ1v) is 11.5. The standard InChI is InChI=1S/C20H26O2Si/c1-20(2,18(21)16-12-8-6-9-13-16)19(22-23(3,4)5)17-14-10-7-11-15-17/h6-15,19H,1-5H3. The summed E-state index contributed by atoms with van der Waals surface area (Å²) in [5, 5.41) is 0. The summed E-state index contributed by atoms with van der Waals surface area (Å²) in [7, 11) is -1.81. The van der Waals surface area contributed by atoms with Crippen molar-refractivity contribution in [3.05, 3.63) is 71.8 Å². The van der Waals surface area contributed by atoms with E-state index in [1.165, 1.54) is 0 Å². The molecule has 0 amide bonds. The van der Waals surface area contributed by atoms with E-state index in [1.54, 1.807) is 0 Å². The molecule has 0 saturated carbocycles. The summed E-state index contributed by atoms with van der Waals surface area (Å²) in [5.41, 5.74) is 1.16. The van der Waals surface area contributed by atoms with Crippen LogP contribution in [-0.2, 0) is 4.43 Å². The van der Waals surface area contributed by atoms with Gasteiger partial charge in [0.1, 0.15) is 0 Å². The van der Waals surface area contributed by atoms with Crippen LogP contribution in [0, 0.1) is 5.41 Å². The predicted molar refractivity (Wildman–Crippen MR) is 98.2 cm³/mol. The van der Waals surface area contributed by atoms with Gasteiger partial charge in [-0.05, 0) is 39.1 Å². The van der Waals surface area contributed by atoms with Crippen LogP contribution in [0.4, 0.5) is 0 Å². The molecule has 0 saturated heterocycles. The topological polar surface area (TPSA) is 26.3 Å². The molecule has 1 unspecified atom stereocenters. The molecule has 2 aromatic carbocycles. The summed E-state index contributed by atoms with van der Waals surface area (Å²) in [6.07, 6.45) is -0.247. The number of hydrogen-bond donors (Lipinski definition) is 0. The fourth-order valence-corrected chi connectivity index (χ4v) is 3.83. The SMILES string of the molecule is CC(C)(C(=O)c1ccccc1)C(O[Si](C)(C)C)c1ccccc1. The minimum absolute atomic E-state index is 0.116. The second-order valence-electron chi connectivity index (χ2n) is 7.44. The molecule has 0 aliphatic heterocycles. The fourth-order valence-electron chi connectivity index (χ4n) is 2.69. The van der Waals surface area contributed by atoms with Crippen LogP contribution < -0.4 is 0 Å². The molecular weight excluding hydrogens is 300 g/mol. The van der Waals surface area contributed by atoms with Crippen molar-refractivity contribution in [2.75, 3.05) is 0 Å². The fraction of sp³-hybridized carbons (Fsp3) is 0.350. The minimum Gasteiger partial charge on any atom is -0.410 e. The summed E-state index contributed by atoms with van der Waals surface area (Å²) in [4.78, 5) is 13.1. The van der Waals surface area contributed by atoms with Crippen LogP contribution in [0.15, 0.2) is 60.7 Å². The van der Waals surface area contributed by atoms with Crippen LogP contribution in [0.1, 0.15) is 35.9 Å². The van der Waals surface area contributed by atoms with E-state index in [4.69, 9.17) is 4.43 Å². The number of hydrogen-bond acceptors (Lipinski definition) is 2. The van der Waals surface area contributed by atoms with E-state index in [1.807, 2.05) is 74.5 Å². The molecular formula is C20H26O2Si. The molecule has 0 fully saturated rings. The molecule has 1 atom stereocenters. The van der Waals surface area contributed by atoms with Gasteiger partial charge in [0, 0.05) is 5.56 Å². The number of carbonyl (C=O) groups is 1. The van der Waals surface area contributed by atoms with E-state index < -0.39 is 13.7 Å². The Hall–Kier alpha value is -1.71. The van der Waals surface area contributed by atoms with Crippen molar-refractivity contribution >= 4 is 14.1 Å². The van der Waals surface area contributed by atoms with Gasteiger partial charge in [-0.15, -0.1) is 0 Å². The van der Waals surface area contributed by atoms with Gasteiger partial charge in [0.2, 0.25) is 0 Å². The van der Waals surface area contributed by atoms with Gasteiger partial charge in [-0.2, -0.15) is 0 Å². The second kappa shape index (κ2) is 6.81. The average Bonchev–Trinajstić information content (AvgIpc) is 2.52. The zero-order valence-corrected chi connectivity index (χ0v) is 15.7. The van der Waals surface area contributed by atoms with Gasteiger partial charge in [0.05, 0.1) is 11.5 Å². The van der Waals surface area contributed by atoms with Gasteiger partial charge < -0.3 is 4.43 Å². The lowest BCUT2D eigenvalue weighted by atomic mass is 9.76. The van der Waals surface area contributed by atoms with E-state index >= 15 is 0 Å². The third-order valence-corrected chi connectivity index (χ3v) is 4.79. The van der Waals surface area contributed by atoms with Gasteiger partial charge in [0.25, 0.3) is 0 Å². The maximum atomic E-state index is 13.1. The predicted octanol–water partition coefficient (Wildman–Crippen LogP) is 5.49. The van der Waals surface area contributed by atoms with Crippen molar-refractivity contribution in [1.29, 1.82) is 0 Å². The minimum atomic E-state index is -1.81. The Labute approximate surface area is 140 Å². The molecule has 122 valence electrons. The second-order valence-corrected chi connectivity index (χ2v) is 11.9. The number of carbonyl (C=O) groups excluding carboxylic acids is 1. The summed E-state index contributed by atoms with van der Waals surface area (Å²) < 4.78 is 6.45. The molecule has 23 heavy (non-hydrogen) atoms. The van der Waals surface area contributed by atoms with Gasteiger partial charge in [-0.3, -0.25) is 4.79 Å². The molecule has 0 spiro atoms. The lowest BCUT2D eigenvalue weighted by Gasteiger charge is -2.37. The van der Waals surface area contributed by atoms with Crippen molar-refractivity contribution in [1.82, 2.24) is 0 Å². The summed E-state index contributed by atoms with van der Waals surface area (Å²) >= 11 is 0. The van der Waals surface area contributed by atoms with E-state index in [-0.39, 0.29) is 11.9 Å². The average molecular weight is 327 g/mol. The van der Waals surface area contributed by atoms with Gasteiger partial charge in [-0.25, -0.2) is 0 Å². The van der Waals surface area contributed by atoms with Crippen LogP contribution >= 0.6 is 0 Å². The molecule has 0 bridgehead atoms. The molecule has 0 aromatic heterocycles. The van der Waals surface area contributed by atoms with Crippen molar-refractivity contribution < 1.29 is 9.22 Å². The highest BCUT2D eigenvalue weighted by atomic mass is 28.4. The van der Waals surface area contributed by atoms with Crippen molar-refractivity contribution in [3.8, 4) is 0 Å². The molecule has 0 heterocycles. The number of rotatable bonds is 6. The highest BCUT2D eigenvalue weighted by Gasteiger charge is 2.41. The molecule has 0 N–H and O–H groups in total. The Morgan fingerprint density at radius 2 is 1.39 bits per heavy atom. The lowest BCUT2D eigenvalue weighted by molar-refractivity contribution is 0.0467. The first-order chi connectivity index (χ1) is 10.7. The molecule has 0 aliphatic carbocycles. The summed E-state index contributed by atoms with van der Waals surface area (Å²) in [5.74, 6) is 0.116. The Morgan fingerprint density at radius 3 is 1.87 bits per heavy atom. The van der Waals surface area contributed by atoms with Crippen molar-refractivity contribution in [2.24, 2.45) is 5.41 Å². The third-order valence-electron chi connectivity index (χ3n) is 3.85. The van der Waals surface area contributed by atoms with Crippen LogP contribution in [-0.4, -0.2) is 14.1 Å². The van der Waals surface area contributed by atoms with Crippen molar-refractivity contribution in [3.63, 3.8) is 0 Å². The molecule has 3 heteroatoms. The maximum Gasteiger partial charge on any atom is 0.184 e. The molecule has 0 radical (unpaired) electrons. The monoisotopic (exact) mass is 326 g/mol. The molecule has 2 nitrogen and oxygen atoms in total. The van der Waals surface area contributed by atoms with Gasteiger partial charge >= 0.3 is 0 Å². The number of Topliss-reactive ketones (excluding diaryl/α,β-unsaturated/α-hetero) is 1. The van der Waals surface area contributed by atoms with Crippen LogP contribution in [0.3, 0.4) is 0 Å². The summed E-state index contributed by atoms with van der Waals surface area (Å²) in [6, 6.07) is 19.6. The first-order valence-electron chi connectivity index (χ1n) is 8.04. The highest BCUT2D eigenvalue weighted by Crippen LogP contribution is 2.41. The largest absolute Gasteiger partial charge is 0.410 e. The highest BCUT2D eigenvalue weighted by molar-refractivity contribution is 6.69. The zero-order valence-electron chi connectivity index (χ0n) is 14.7. The van der Waals surface area contributed by atoms with Crippen LogP contribution in [0.5, 0.6) is 0 Å². The van der Waals surface area contributed by atoms with Crippen LogP contribution in [0.2, 0.25) is 19.6 Å². The molecule has 2 aromatic rings. The first kappa shape index (κ1) is 17.6. The number of ketones is 1. The van der Waals surface area contributed by atoms with E-state index in [0.29, 0.717) is 0 Å². The lowest BCUT2D eigenvalue weighted by Crippen LogP contribution is -2.39. The summed E-state index contributed by atoms with van der Waals surface area (Å²) in [6.45, 7) is 10.4. The van der Waals surface area contributed by atoms with Gasteiger partial charge in [0.15, 0.2) is 14.1 Å². The molecule has 2 rings (SSSR count). The Bertz CT molecular complexity index is 642. The Kier molecular flexibility index (Phi) is 5.22. The van der Waals surface area contributed by atoms with E-state index in [9.17, 15) is 4.79 Å². The Balaban J connectivity index is 2.42. The third kappa shape index (κ3) is 4.40. The normalized spacial score (nSPS) is 13.6. The van der Waals surface area contributed by atoms with E-state index in [0.717, 1.165) is 11.1 Å². The Morgan fingerprint density at radius 1 is 0.913 bits per heavy atom. The van der Waals surface area contributed by atoms with Gasteiger partial charge in [-0.1, -0.05) is 60.7 Å².